The third-order valence-corrected chi connectivity index (χ3v) is 4.73. The van der Waals surface area contributed by atoms with Crippen LogP contribution < -0.4 is 11.1 Å². The quantitative estimate of drug-likeness (QED) is 0.722. The average molecular weight is 310 g/mol. The molecule has 0 spiro atoms. The summed E-state index contributed by atoms with van der Waals surface area (Å²) in [6.45, 7) is 8.81. The van der Waals surface area contributed by atoms with Crippen molar-refractivity contribution in [3.8, 4) is 0 Å². The molecule has 1 aliphatic rings. The van der Waals surface area contributed by atoms with Gasteiger partial charge in [-0.3, -0.25) is 9.59 Å². The molecular formula is C18H34N2O2. The monoisotopic (exact) mass is 310 g/mol. The molecule has 0 saturated heterocycles. The molecule has 0 bridgehead atoms. The second kappa shape index (κ2) is 8.54. The van der Waals surface area contributed by atoms with Crippen molar-refractivity contribution in [2.24, 2.45) is 28.9 Å². The van der Waals surface area contributed by atoms with E-state index >= 15 is 0 Å². The molecule has 1 saturated carbocycles. The Hall–Kier alpha value is -1.06. The lowest BCUT2D eigenvalue weighted by Gasteiger charge is -2.30. The van der Waals surface area contributed by atoms with Crippen LogP contribution in [0.15, 0.2) is 0 Å². The van der Waals surface area contributed by atoms with Crippen molar-refractivity contribution in [2.45, 2.75) is 72.6 Å². The summed E-state index contributed by atoms with van der Waals surface area (Å²) in [5.41, 5.74) is 5.65. The van der Waals surface area contributed by atoms with Gasteiger partial charge in [0.1, 0.15) is 0 Å². The van der Waals surface area contributed by atoms with Crippen LogP contribution in [0.25, 0.3) is 0 Å². The fourth-order valence-corrected chi connectivity index (χ4v) is 3.64. The first-order valence-electron chi connectivity index (χ1n) is 8.81. The van der Waals surface area contributed by atoms with Crippen molar-refractivity contribution in [3.63, 3.8) is 0 Å². The minimum absolute atomic E-state index is 0.00317. The Labute approximate surface area is 135 Å². The first-order valence-corrected chi connectivity index (χ1v) is 8.81. The molecule has 128 valence electrons. The van der Waals surface area contributed by atoms with E-state index in [9.17, 15) is 9.59 Å². The topological polar surface area (TPSA) is 72.2 Å². The van der Waals surface area contributed by atoms with E-state index < -0.39 is 0 Å². The summed E-state index contributed by atoms with van der Waals surface area (Å²) in [6, 6.07) is 0. The number of hydrogen-bond acceptors (Lipinski definition) is 2. The largest absolute Gasteiger partial charge is 0.369 e. The van der Waals surface area contributed by atoms with Gasteiger partial charge in [0, 0.05) is 18.4 Å². The standard InChI is InChI=1S/C18H34N2O2/c1-5-20-17(22)15(12-18(2,3)4)14(16(19)21)11-10-13-8-6-7-9-13/h13-15H,5-12H2,1-4H3,(H2,19,21)(H,20,22)/t14?,15-/m1/s1. The van der Waals surface area contributed by atoms with Gasteiger partial charge in [0.05, 0.1) is 0 Å². The molecule has 3 N–H and O–H groups in total. The van der Waals surface area contributed by atoms with E-state index in [-0.39, 0.29) is 29.1 Å². The maximum absolute atomic E-state index is 12.4. The Balaban J connectivity index is 2.78. The molecule has 1 rings (SSSR count). The van der Waals surface area contributed by atoms with E-state index in [0.717, 1.165) is 12.8 Å². The Morgan fingerprint density at radius 1 is 1.18 bits per heavy atom. The van der Waals surface area contributed by atoms with E-state index in [1.54, 1.807) is 0 Å². The van der Waals surface area contributed by atoms with Gasteiger partial charge in [0.2, 0.25) is 11.8 Å². The fourth-order valence-electron chi connectivity index (χ4n) is 3.64. The van der Waals surface area contributed by atoms with Crippen molar-refractivity contribution in [1.82, 2.24) is 5.32 Å². The van der Waals surface area contributed by atoms with E-state index in [1.807, 2.05) is 6.92 Å². The zero-order valence-corrected chi connectivity index (χ0v) is 14.8. The minimum Gasteiger partial charge on any atom is -0.369 e. The zero-order chi connectivity index (χ0) is 16.8. The molecule has 4 heteroatoms. The highest BCUT2D eigenvalue weighted by Crippen LogP contribution is 2.35. The van der Waals surface area contributed by atoms with E-state index in [2.05, 4.69) is 26.1 Å². The van der Waals surface area contributed by atoms with Crippen LogP contribution in [0.4, 0.5) is 0 Å². The smallest absolute Gasteiger partial charge is 0.223 e. The highest BCUT2D eigenvalue weighted by molar-refractivity contribution is 5.86. The number of nitrogens with one attached hydrogen (secondary N) is 1. The lowest BCUT2D eigenvalue weighted by Crippen LogP contribution is -2.42. The van der Waals surface area contributed by atoms with Crippen LogP contribution in [0, 0.1) is 23.2 Å². The number of amides is 2. The van der Waals surface area contributed by atoms with Gasteiger partial charge in [-0.1, -0.05) is 46.5 Å². The van der Waals surface area contributed by atoms with Crippen LogP contribution in [0.5, 0.6) is 0 Å². The van der Waals surface area contributed by atoms with E-state index in [1.165, 1.54) is 25.7 Å². The van der Waals surface area contributed by atoms with Crippen molar-refractivity contribution in [3.05, 3.63) is 0 Å². The van der Waals surface area contributed by atoms with Crippen LogP contribution in [-0.4, -0.2) is 18.4 Å². The van der Waals surface area contributed by atoms with Crippen LogP contribution in [-0.2, 0) is 9.59 Å². The molecular weight excluding hydrogens is 276 g/mol. The maximum Gasteiger partial charge on any atom is 0.223 e. The molecule has 0 aromatic rings. The van der Waals surface area contributed by atoms with Crippen LogP contribution in [0.1, 0.15) is 72.6 Å². The van der Waals surface area contributed by atoms with Crippen molar-refractivity contribution < 1.29 is 9.59 Å². The first kappa shape index (κ1) is 19.0. The summed E-state index contributed by atoms with van der Waals surface area (Å²) in [6.07, 6.45) is 7.58. The summed E-state index contributed by atoms with van der Waals surface area (Å²) in [5.74, 6) is -0.275. The summed E-state index contributed by atoms with van der Waals surface area (Å²) >= 11 is 0. The summed E-state index contributed by atoms with van der Waals surface area (Å²) in [5, 5.41) is 2.88. The Morgan fingerprint density at radius 3 is 2.23 bits per heavy atom. The van der Waals surface area contributed by atoms with Gasteiger partial charge in [-0.25, -0.2) is 0 Å². The average Bonchev–Trinajstić information content (AvgIpc) is 2.89. The Morgan fingerprint density at radius 2 is 1.77 bits per heavy atom. The predicted molar refractivity (Wildman–Crippen MR) is 90.1 cm³/mol. The fraction of sp³-hybridized carbons (Fsp3) is 0.889. The van der Waals surface area contributed by atoms with Crippen molar-refractivity contribution >= 4 is 11.8 Å². The van der Waals surface area contributed by atoms with Crippen LogP contribution in [0.2, 0.25) is 0 Å². The number of primary amides is 1. The molecule has 22 heavy (non-hydrogen) atoms. The molecule has 0 aromatic carbocycles. The Kier molecular flexibility index (Phi) is 7.37. The second-order valence-corrected chi connectivity index (χ2v) is 8.00. The normalized spacial score (nSPS) is 18.9. The number of hydrogen-bond donors (Lipinski definition) is 2. The van der Waals surface area contributed by atoms with Crippen molar-refractivity contribution in [1.29, 1.82) is 0 Å². The van der Waals surface area contributed by atoms with E-state index in [4.69, 9.17) is 5.73 Å². The molecule has 1 fully saturated rings. The first-order chi connectivity index (χ1) is 10.2. The van der Waals surface area contributed by atoms with Gasteiger partial charge in [-0.15, -0.1) is 0 Å². The number of carbonyl (C=O) groups is 2. The van der Waals surface area contributed by atoms with Gasteiger partial charge in [0.15, 0.2) is 0 Å². The molecule has 4 nitrogen and oxygen atoms in total. The van der Waals surface area contributed by atoms with Crippen LogP contribution in [0.3, 0.4) is 0 Å². The molecule has 0 aromatic heterocycles. The summed E-state index contributed by atoms with van der Waals surface area (Å²) in [4.78, 5) is 24.4. The Bertz CT molecular complexity index is 368. The van der Waals surface area contributed by atoms with Crippen molar-refractivity contribution in [2.75, 3.05) is 6.54 Å². The molecule has 2 amide bonds. The number of carbonyl (C=O) groups excluding carboxylic acids is 2. The van der Waals surface area contributed by atoms with E-state index in [0.29, 0.717) is 18.9 Å². The van der Waals surface area contributed by atoms with Gasteiger partial charge in [-0.05, 0) is 37.5 Å². The molecule has 0 aliphatic heterocycles. The SMILES string of the molecule is CCNC(=O)[C@H](CC(C)(C)C)C(CCC1CCCC1)C(N)=O. The minimum atomic E-state index is -0.341. The second-order valence-electron chi connectivity index (χ2n) is 8.00. The highest BCUT2D eigenvalue weighted by Gasteiger charge is 2.35. The van der Waals surface area contributed by atoms with Gasteiger partial charge < -0.3 is 11.1 Å². The molecule has 1 unspecified atom stereocenters. The highest BCUT2D eigenvalue weighted by atomic mass is 16.2. The molecule has 0 heterocycles. The summed E-state index contributed by atoms with van der Waals surface area (Å²) in [7, 11) is 0. The zero-order valence-electron chi connectivity index (χ0n) is 14.8. The third kappa shape index (κ3) is 6.37. The third-order valence-electron chi connectivity index (χ3n) is 4.73. The molecule has 1 aliphatic carbocycles. The lowest BCUT2D eigenvalue weighted by atomic mass is 9.75. The maximum atomic E-state index is 12.4. The number of rotatable bonds is 8. The predicted octanol–water partition coefficient (Wildman–Crippen LogP) is 3.25. The van der Waals surface area contributed by atoms with Gasteiger partial charge >= 0.3 is 0 Å². The molecule has 2 atom stereocenters. The van der Waals surface area contributed by atoms with Crippen LogP contribution >= 0.6 is 0 Å². The summed E-state index contributed by atoms with van der Waals surface area (Å²) < 4.78 is 0. The van der Waals surface area contributed by atoms with Gasteiger partial charge in [0.25, 0.3) is 0 Å². The molecule has 0 radical (unpaired) electrons. The van der Waals surface area contributed by atoms with Gasteiger partial charge in [-0.2, -0.15) is 0 Å². The lowest BCUT2D eigenvalue weighted by molar-refractivity contribution is -0.134. The number of nitrogens with two attached hydrogens (primary N) is 1.